The van der Waals surface area contributed by atoms with Gasteiger partial charge in [0.05, 0.1) is 19.4 Å². The highest BCUT2D eigenvalue weighted by atomic mass is 16.7. The topological polar surface area (TPSA) is 66.9 Å². The van der Waals surface area contributed by atoms with Gasteiger partial charge in [0.1, 0.15) is 0 Å². The summed E-state index contributed by atoms with van der Waals surface area (Å²) in [5, 5.41) is 8.53. The Morgan fingerprint density at radius 1 is 0.862 bits per heavy atom. The van der Waals surface area contributed by atoms with E-state index in [-0.39, 0.29) is 5.79 Å². The molecule has 1 spiro atoms. The van der Waals surface area contributed by atoms with Crippen LogP contribution in [0.25, 0.3) is 0 Å². The molecule has 0 amide bonds. The van der Waals surface area contributed by atoms with Gasteiger partial charge in [-0.15, -0.1) is 5.10 Å². The van der Waals surface area contributed by atoms with Crippen molar-refractivity contribution >= 4 is 11.8 Å². The molecule has 0 bridgehead atoms. The molecule has 0 unspecified atom stereocenters. The van der Waals surface area contributed by atoms with Gasteiger partial charge in [-0.05, 0) is 5.56 Å². The maximum absolute atomic E-state index is 5.82. The quantitative estimate of drug-likeness (QED) is 0.771. The van der Waals surface area contributed by atoms with Crippen LogP contribution in [0.5, 0.6) is 0 Å². The monoisotopic (exact) mass is 396 g/mol. The number of piperazine rings is 1. The first-order chi connectivity index (χ1) is 14.3. The minimum atomic E-state index is -0.378. The third-order valence-electron chi connectivity index (χ3n) is 6.10. The molecule has 1 aromatic carbocycles. The third-order valence-corrected chi connectivity index (χ3v) is 6.10. The van der Waals surface area contributed by atoms with Gasteiger partial charge in [-0.25, -0.2) is 0 Å². The van der Waals surface area contributed by atoms with Crippen molar-refractivity contribution in [2.75, 3.05) is 62.3 Å². The summed E-state index contributed by atoms with van der Waals surface area (Å²) in [6.45, 7) is 8.01. The zero-order valence-corrected chi connectivity index (χ0v) is 16.7. The SMILES string of the molecule is c1ccc(CN2CCN(c3cnnc(N4CCC5(CC4)OCCO5)n3)CC2)cc1. The molecule has 3 aliphatic heterocycles. The minimum Gasteiger partial charge on any atom is -0.353 e. The fourth-order valence-electron chi connectivity index (χ4n) is 4.38. The van der Waals surface area contributed by atoms with E-state index < -0.39 is 0 Å². The molecule has 1 aromatic heterocycles. The third kappa shape index (κ3) is 4.19. The minimum absolute atomic E-state index is 0.378. The highest BCUT2D eigenvalue weighted by Gasteiger charge is 2.40. The number of benzene rings is 1. The lowest BCUT2D eigenvalue weighted by Crippen LogP contribution is -2.47. The molecule has 0 radical (unpaired) electrons. The Kier molecular flexibility index (Phi) is 5.30. The Balaban J connectivity index is 1.18. The van der Waals surface area contributed by atoms with Crippen molar-refractivity contribution < 1.29 is 9.47 Å². The summed E-state index contributed by atoms with van der Waals surface area (Å²) < 4.78 is 11.6. The van der Waals surface area contributed by atoms with Crippen molar-refractivity contribution in [1.29, 1.82) is 0 Å². The predicted octanol–water partition coefficient (Wildman–Crippen LogP) is 1.54. The number of nitrogens with zero attached hydrogens (tertiary/aromatic N) is 6. The van der Waals surface area contributed by atoms with Crippen molar-refractivity contribution in [3.8, 4) is 0 Å². The van der Waals surface area contributed by atoms with E-state index >= 15 is 0 Å². The molecule has 154 valence electrons. The lowest BCUT2D eigenvalue weighted by Gasteiger charge is -2.38. The smallest absolute Gasteiger partial charge is 0.247 e. The second-order valence-electron chi connectivity index (χ2n) is 7.96. The van der Waals surface area contributed by atoms with Crippen LogP contribution in [0, 0.1) is 0 Å². The molecule has 0 aliphatic carbocycles. The van der Waals surface area contributed by atoms with E-state index in [0.717, 1.165) is 64.5 Å². The lowest BCUT2D eigenvalue weighted by molar-refractivity contribution is -0.169. The van der Waals surface area contributed by atoms with Crippen LogP contribution in [-0.2, 0) is 16.0 Å². The number of piperidine rings is 1. The number of anilines is 2. The number of hydrogen-bond donors (Lipinski definition) is 0. The molecule has 3 saturated heterocycles. The Morgan fingerprint density at radius 3 is 2.31 bits per heavy atom. The van der Waals surface area contributed by atoms with Crippen LogP contribution in [0.2, 0.25) is 0 Å². The largest absolute Gasteiger partial charge is 0.353 e. The lowest BCUT2D eigenvalue weighted by atomic mass is 10.0. The van der Waals surface area contributed by atoms with Crippen molar-refractivity contribution in [2.45, 2.75) is 25.2 Å². The van der Waals surface area contributed by atoms with Crippen LogP contribution < -0.4 is 9.80 Å². The van der Waals surface area contributed by atoms with Gasteiger partial charge in [0.2, 0.25) is 5.95 Å². The van der Waals surface area contributed by atoms with Gasteiger partial charge in [0.15, 0.2) is 11.6 Å². The maximum Gasteiger partial charge on any atom is 0.247 e. The van der Waals surface area contributed by atoms with Gasteiger partial charge in [0.25, 0.3) is 0 Å². The summed E-state index contributed by atoms with van der Waals surface area (Å²) in [6, 6.07) is 10.7. The van der Waals surface area contributed by atoms with Crippen LogP contribution in [0.15, 0.2) is 36.5 Å². The molecule has 0 saturated carbocycles. The number of ether oxygens (including phenoxy) is 2. The van der Waals surface area contributed by atoms with Crippen LogP contribution in [0.4, 0.5) is 11.8 Å². The van der Waals surface area contributed by atoms with Crippen LogP contribution in [-0.4, -0.2) is 78.4 Å². The van der Waals surface area contributed by atoms with Gasteiger partial charge >= 0.3 is 0 Å². The summed E-state index contributed by atoms with van der Waals surface area (Å²) in [7, 11) is 0. The molecule has 29 heavy (non-hydrogen) atoms. The molecule has 2 aromatic rings. The number of rotatable bonds is 4. The Labute approximate surface area is 171 Å². The second kappa shape index (κ2) is 8.22. The molecule has 5 rings (SSSR count). The van der Waals surface area contributed by atoms with Gasteiger partial charge in [-0.1, -0.05) is 30.3 Å². The predicted molar refractivity (Wildman–Crippen MR) is 110 cm³/mol. The molecule has 8 nitrogen and oxygen atoms in total. The highest BCUT2D eigenvalue weighted by molar-refractivity contribution is 5.42. The molecule has 8 heteroatoms. The fourth-order valence-corrected chi connectivity index (χ4v) is 4.38. The highest BCUT2D eigenvalue weighted by Crippen LogP contribution is 2.32. The average Bonchev–Trinajstić information content (AvgIpc) is 3.23. The van der Waals surface area contributed by atoms with E-state index in [0.29, 0.717) is 19.2 Å². The van der Waals surface area contributed by atoms with E-state index in [2.05, 4.69) is 55.2 Å². The van der Waals surface area contributed by atoms with E-state index in [1.54, 1.807) is 6.20 Å². The Bertz CT molecular complexity index is 796. The Hall–Kier alpha value is -2.29. The van der Waals surface area contributed by atoms with Crippen LogP contribution in [0.3, 0.4) is 0 Å². The van der Waals surface area contributed by atoms with Crippen molar-refractivity contribution in [2.24, 2.45) is 0 Å². The van der Waals surface area contributed by atoms with Gasteiger partial charge in [0, 0.05) is 58.7 Å². The first-order valence-corrected chi connectivity index (χ1v) is 10.5. The summed E-state index contributed by atoms with van der Waals surface area (Å²) in [6.07, 6.45) is 3.47. The maximum atomic E-state index is 5.82. The van der Waals surface area contributed by atoms with Gasteiger partial charge < -0.3 is 19.3 Å². The number of aromatic nitrogens is 3. The zero-order chi connectivity index (χ0) is 19.5. The normalized spacial score (nSPS) is 22.3. The summed E-state index contributed by atoms with van der Waals surface area (Å²) in [5.41, 5.74) is 1.37. The van der Waals surface area contributed by atoms with Crippen molar-refractivity contribution in [1.82, 2.24) is 20.1 Å². The van der Waals surface area contributed by atoms with Crippen molar-refractivity contribution in [3.05, 3.63) is 42.1 Å². The fraction of sp³-hybridized carbons (Fsp3) is 0.571. The van der Waals surface area contributed by atoms with Crippen LogP contribution in [0.1, 0.15) is 18.4 Å². The molecule has 3 aliphatic rings. The molecule has 4 heterocycles. The molecule has 0 atom stereocenters. The van der Waals surface area contributed by atoms with E-state index in [1.165, 1.54) is 5.56 Å². The van der Waals surface area contributed by atoms with E-state index in [9.17, 15) is 0 Å². The summed E-state index contributed by atoms with van der Waals surface area (Å²) >= 11 is 0. The zero-order valence-electron chi connectivity index (χ0n) is 16.7. The van der Waals surface area contributed by atoms with Gasteiger partial charge in [-0.2, -0.15) is 10.1 Å². The first-order valence-electron chi connectivity index (χ1n) is 10.5. The van der Waals surface area contributed by atoms with Crippen molar-refractivity contribution in [3.63, 3.8) is 0 Å². The van der Waals surface area contributed by atoms with Crippen LogP contribution >= 0.6 is 0 Å². The Morgan fingerprint density at radius 2 is 1.59 bits per heavy atom. The molecule has 0 N–H and O–H groups in total. The summed E-state index contributed by atoms with van der Waals surface area (Å²) in [4.78, 5) is 11.8. The number of hydrogen-bond acceptors (Lipinski definition) is 8. The standard InChI is InChI=1S/C21H28N6O2/c1-2-4-18(5-3-1)17-25-10-12-26(13-11-25)19-16-22-24-20(23-19)27-8-6-21(7-9-27)28-14-15-29-21/h1-5,16H,6-15,17H2. The second-order valence-corrected chi connectivity index (χ2v) is 7.96. The summed E-state index contributed by atoms with van der Waals surface area (Å²) in [5.74, 6) is 1.25. The molecular formula is C21H28N6O2. The van der Waals surface area contributed by atoms with E-state index in [1.807, 2.05) is 0 Å². The molecular weight excluding hydrogens is 368 g/mol. The average molecular weight is 396 g/mol. The van der Waals surface area contributed by atoms with Gasteiger partial charge in [-0.3, -0.25) is 4.90 Å². The molecule has 3 fully saturated rings. The van der Waals surface area contributed by atoms with E-state index in [4.69, 9.17) is 14.5 Å². The first kappa shape index (κ1) is 18.7.